The number of rotatable bonds is 4. The Kier molecular flexibility index (Phi) is 4.59. The molecule has 0 aliphatic rings. The molecule has 82 valence electrons. The van der Waals surface area contributed by atoms with Gasteiger partial charge in [-0.3, -0.25) is 4.79 Å². The SMILES string of the molecule is C[C@H](O)CNC(=O)c1ccc(CCl)cc1. The molecule has 0 aliphatic carbocycles. The van der Waals surface area contributed by atoms with Crippen LogP contribution >= 0.6 is 11.6 Å². The van der Waals surface area contributed by atoms with Crippen molar-refractivity contribution < 1.29 is 9.90 Å². The van der Waals surface area contributed by atoms with Gasteiger partial charge in [-0.2, -0.15) is 0 Å². The van der Waals surface area contributed by atoms with Gasteiger partial charge in [0, 0.05) is 18.0 Å². The number of carbonyl (C=O) groups excluding carboxylic acids is 1. The zero-order chi connectivity index (χ0) is 11.3. The van der Waals surface area contributed by atoms with Crippen LogP contribution in [0.1, 0.15) is 22.8 Å². The van der Waals surface area contributed by atoms with Gasteiger partial charge in [-0.15, -0.1) is 11.6 Å². The van der Waals surface area contributed by atoms with Gasteiger partial charge in [0.15, 0.2) is 0 Å². The Morgan fingerprint density at radius 1 is 1.47 bits per heavy atom. The van der Waals surface area contributed by atoms with Crippen LogP contribution in [0.5, 0.6) is 0 Å². The van der Waals surface area contributed by atoms with E-state index >= 15 is 0 Å². The molecule has 0 fully saturated rings. The van der Waals surface area contributed by atoms with Crippen LogP contribution < -0.4 is 5.32 Å². The maximum Gasteiger partial charge on any atom is 0.251 e. The molecule has 1 atom stereocenters. The van der Waals surface area contributed by atoms with E-state index in [1.807, 2.05) is 12.1 Å². The Hall–Kier alpha value is -1.06. The summed E-state index contributed by atoms with van der Waals surface area (Å²) in [6, 6.07) is 7.05. The van der Waals surface area contributed by atoms with Crippen molar-refractivity contribution in [1.29, 1.82) is 0 Å². The average molecular weight is 228 g/mol. The molecule has 0 spiro atoms. The first kappa shape index (κ1) is 12.0. The van der Waals surface area contributed by atoms with Gasteiger partial charge >= 0.3 is 0 Å². The first-order valence-corrected chi connectivity index (χ1v) is 5.28. The number of hydrogen-bond acceptors (Lipinski definition) is 2. The number of amides is 1. The van der Waals surface area contributed by atoms with E-state index in [1.54, 1.807) is 19.1 Å². The van der Waals surface area contributed by atoms with Gasteiger partial charge in [-0.1, -0.05) is 12.1 Å². The zero-order valence-corrected chi connectivity index (χ0v) is 9.29. The number of nitrogens with one attached hydrogen (secondary N) is 1. The van der Waals surface area contributed by atoms with Crippen molar-refractivity contribution in [2.45, 2.75) is 18.9 Å². The standard InChI is InChI=1S/C11H14ClNO2/c1-8(14)7-13-11(15)10-4-2-9(6-12)3-5-10/h2-5,8,14H,6-7H2,1H3,(H,13,15)/t8-/m0/s1. The van der Waals surface area contributed by atoms with Gasteiger partial charge < -0.3 is 10.4 Å². The summed E-state index contributed by atoms with van der Waals surface area (Å²) >= 11 is 5.63. The van der Waals surface area contributed by atoms with E-state index in [9.17, 15) is 4.79 Å². The lowest BCUT2D eigenvalue weighted by molar-refractivity contribution is 0.0924. The van der Waals surface area contributed by atoms with E-state index < -0.39 is 6.10 Å². The highest BCUT2D eigenvalue weighted by Crippen LogP contribution is 2.06. The predicted molar refractivity (Wildman–Crippen MR) is 60.0 cm³/mol. The van der Waals surface area contributed by atoms with E-state index in [-0.39, 0.29) is 12.5 Å². The summed E-state index contributed by atoms with van der Waals surface area (Å²) in [6.07, 6.45) is -0.531. The van der Waals surface area contributed by atoms with Crippen molar-refractivity contribution in [3.63, 3.8) is 0 Å². The smallest absolute Gasteiger partial charge is 0.251 e. The van der Waals surface area contributed by atoms with Gasteiger partial charge in [0.05, 0.1) is 6.10 Å². The molecule has 0 bridgehead atoms. The minimum atomic E-state index is -0.531. The Bertz CT molecular complexity index is 322. The van der Waals surface area contributed by atoms with E-state index in [1.165, 1.54) is 0 Å². The van der Waals surface area contributed by atoms with Gasteiger partial charge in [0.2, 0.25) is 0 Å². The third-order valence-electron chi connectivity index (χ3n) is 1.93. The summed E-state index contributed by atoms with van der Waals surface area (Å²) in [4.78, 5) is 11.5. The molecule has 0 saturated carbocycles. The fourth-order valence-corrected chi connectivity index (χ4v) is 1.27. The minimum absolute atomic E-state index is 0.183. The summed E-state index contributed by atoms with van der Waals surface area (Å²) in [7, 11) is 0. The molecule has 0 unspecified atom stereocenters. The van der Waals surface area contributed by atoms with E-state index in [2.05, 4.69) is 5.32 Å². The molecule has 4 heteroatoms. The quantitative estimate of drug-likeness (QED) is 0.767. The number of benzene rings is 1. The van der Waals surface area contributed by atoms with Crippen LogP contribution in [0.3, 0.4) is 0 Å². The summed E-state index contributed by atoms with van der Waals surface area (Å²) in [6.45, 7) is 1.88. The van der Waals surface area contributed by atoms with Crippen molar-refractivity contribution in [3.8, 4) is 0 Å². The van der Waals surface area contributed by atoms with Crippen molar-refractivity contribution in [3.05, 3.63) is 35.4 Å². The van der Waals surface area contributed by atoms with Crippen LogP contribution in [0.4, 0.5) is 0 Å². The van der Waals surface area contributed by atoms with Crippen LogP contribution in [0.2, 0.25) is 0 Å². The molecule has 1 aromatic rings. The predicted octanol–water partition coefficient (Wildman–Crippen LogP) is 1.54. The van der Waals surface area contributed by atoms with E-state index in [0.717, 1.165) is 5.56 Å². The fourth-order valence-electron chi connectivity index (χ4n) is 1.09. The second-order valence-corrected chi connectivity index (χ2v) is 3.66. The van der Waals surface area contributed by atoms with Crippen LogP contribution in [0.25, 0.3) is 0 Å². The Morgan fingerprint density at radius 3 is 2.53 bits per heavy atom. The molecule has 0 heterocycles. The molecule has 1 amide bonds. The summed E-state index contributed by atoms with van der Waals surface area (Å²) < 4.78 is 0. The molecule has 1 aromatic carbocycles. The highest BCUT2D eigenvalue weighted by molar-refractivity contribution is 6.17. The van der Waals surface area contributed by atoms with Crippen LogP contribution in [-0.2, 0) is 5.88 Å². The van der Waals surface area contributed by atoms with E-state index in [0.29, 0.717) is 11.4 Å². The highest BCUT2D eigenvalue weighted by Gasteiger charge is 2.05. The van der Waals surface area contributed by atoms with Crippen molar-refractivity contribution in [2.24, 2.45) is 0 Å². The molecule has 0 radical (unpaired) electrons. The third-order valence-corrected chi connectivity index (χ3v) is 2.24. The Morgan fingerprint density at radius 2 is 2.07 bits per heavy atom. The van der Waals surface area contributed by atoms with Gasteiger partial charge in [-0.25, -0.2) is 0 Å². The summed E-state index contributed by atoms with van der Waals surface area (Å²) in [5.74, 6) is 0.257. The van der Waals surface area contributed by atoms with Crippen LogP contribution in [0, 0.1) is 0 Å². The Balaban J connectivity index is 2.58. The van der Waals surface area contributed by atoms with Gasteiger partial charge in [0.1, 0.15) is 0 Å². The van der Waals surface area contributed by atoms with E-state index in [4.69, 9.17) is 16.7 Å². The molecule has 0 aromatic heterocycles. The lowest BCUT2D eigenvalue weighted by atomic mass is 10.1. The number of hydrogen-bond donors (Lipinski definition) is 2. The van der Waals surface area contributed by atoms with Crippen molar-refractivity contribution in [1.82, 2.24) is 5.32 Å². The van der Waals surface area contributed by atoms with Crippen LogP contribution in [0.15, 0.2) is 24.3 Å². The molecule has 15 heavy (non-hydrogen) atoms. The first-order chi connectivity index (χ1) is 7.13. The third kappa shape index (κ3) is 3.90. The van der Waals surface area contributed by atoms with Gasteiger partial charge in [-0.05, 0) is 24.6 Å². The normalized spacial score (nSPS) is 12.2. The Labute approximate surface area is 94.1 Å². The van der Waals surface area contributed by atoms with Crippen LogP contribution in [-0.4, -0.2) is 23.7 Å². The van der Waals surface area contributed by atoms with Crippen molar-refractivity contribution in [2.75, 3.05) is 6.54 Å². The first-order valence-electron chi connectivity index (χ1n) is 4.74. The lowest BCUT2D eigenvalue weighted by Gasteiger charge is -2.07. The number of aliphatic hydroxyl groups excluding tert-OH is 1. The topological polar surface area (TPSA) is 49.3 Å². The largest absolute Gasteiger partial charge is 0.392 e. The lowest BCUT2D eigenvalue weighted by Crippen LogP contribution is -2.30. The fraction of sp³-hybridized carbons (Fsp3) is 0.364. The molecule has 1 rings (SSSR count). The number of aliphatic hydroxyl groups is 1. The number of alkyl halides is 1. The van der Waals surface area contributed by atoms with Crippen molar-refractivity contribution >= 4 is 17.5 Å². The zero-order valence-electron chi connectivity index (χ0n) is 8.53. The maximum absolute atomic E-state index is 11.5. The molecule has 0 saturated heterocycles. The molecule has 0 aliphatic heterocycles. The highest BCUT2D eigenvalue weighted by atomic mass is 35.5. The maximum atomic E-state index is 11.5. The molecular weight excluding hydrogens is 214 g/mol. The summed E-state index contributed by atoms with van der Waals surface area (Å²) in [5, 5.41) is 11.6. The minimum Gasteiger partial charge on any atom is -0.392 e. The van der Waals surface area contributed by atoms with Gasteiger partial charge in [0.25, 0.3) is 5.91 Å². The molecule has 2 N–H and O–H groups in total. The monoisotopic (exact) mass is 227 g/mol. The number of carbonyl (C=O) groups is 1. The second-order valence-electron chi connectivity index (χ2n) is 3.39. The number of halogens is 1. The molecule has 3 nitrogen and oxygen atoms in total. The summed E-state index contributed by atoms with van der Waals surface area (Å²) in [5.41, 5.74) is 1.55. The second kappa shape index (κ2) is 5.73. The molecular formula is C11H14ClNO2. The average Bonchev–Trinajstić information content (AvgIpc) is 2.26.